The van der Waals surface area contributed by atoms with Gasteiger partial charge in [0.05, 0.1) is 20.1 Å². The average Bonchev–Trinajstić information content (AvgIpc) is 2.98. The predicted molar refractivity (Wildman–Crippen MR) is 101 cm³/mol. The minimum absolute atomic E-state index is 0.0129. The minimum atomic E-state index is -0.480. The Morgan fingerprint density at radius 1 is 1.33 bits per heavy atom. The molecular formula is C14H8Cl2FN3OS3. The SMILES string of the molecule is Cn1/c(=N\C(=S)NC(=O)c2cc(Cl)sc2Cl)sc2cc(F)ccc21. The molecule has 0 aliphatic rings. The number of fused-ring (bicyclic) bond motifs is 1. The number of aryl methyl sites for hydroxylation is 1. The number of thiophene rings is 1. The number of halogens is 3. The van der Waals surface area contributed by atoms with Crippen LogP contribution in [0.1, 0.15) is 10.4 Å². The van der Waals surface area contributed by atoms with Crippen LogP contribution in [0.5, 0.6) is 0 Å². The largest absolute Gasteiger partial charge is 0.319 e. The van der Waals surface area contributed by atoms with Crippen LogP contribution in [0.2, 0.25) is 8.67 Å². The summed E-state index contributed by atoms with van der Waals surface area (Å²) in [6.45, 7) is 0. The number of hydrogen-bond donors (Lipinski definition) is 1. The van der Waals surface area contributed by atoms with Gasteiger partial charge in [-0.3, -0.25) is 10.1 Å². The summed E-state index contributed by atoms with van der Waals surface area (Å²) < 4.78 is 16.5. The summed E-state index contributed by atoms with van der Waals surface area (Å²) in [4.78, 5) is 16.9. The topological polar surface area (TPSA) is 46.4 Å². The number of nitrogens with one attached hydrogen (secondary N) is 1. The van der Waals surface area contributed by atoms with Crippen molar-refractivity contribution in [1.82, 2.24) is 9.88 Å². The van der Waals surface area contributed by atoms with Crippen LogP contribution < -0.4 is 10.1 Å². The van der Waals surface area contributed by atoms with Gasteiger partial charge in [-0.1, -0.05) is 34.5 Å². The van der Waals surface area contributed by atoms with Gasteiger partial charge in [0.25, 0.3) is 5.91 Å². The lowest BCUT2D eigenvalue weighted by Gasteiger charge is -2.01. The molecule has 24 heavy (non-hydrogen) atoms. The highest BCUT2D eigenvalue weighted by atomic mass is 35.5. The zero-order valence-electron chi connectivity index (χ0n) is 12.0. The van der Waals surface area contributed by atoms with E-state index in [1.165, 1.54) is 29.5 Å². The zero-order chi connectivity index (χ0) is 17.4. The van der Waals surface area contributed by atoms with Crippen molar-refractivity contribution in [2.24, 2.45) is 12.0 Å². The molecule has 1 N–H and O–H groups in total. The van der Waals surface area contributed by atoms with Crippen LogP contribution >= 0.6 is 58.1 Å². The molecule has 124 valence electrons. The fraction of sp³-hybridized carbons (Fsp3) is 0.0714. The maximum absolute atomic E-state index is 13.3. The second kappa shape index (κ2) is 6.89. The van der Waals surface area contributed by atoms with E-state index in [9.17, 15) is 9.18 Å². The first-order valence-electron chi connectivity index (χ1n) is 6.45. The fourth-order valence-corrected chi connectivity index (χ4v) is 4.73. The summed E-state index contributed by atoms with van der Waals surface area (Å²) in [6.07, 6.45) is 0. The second-order valence-electron chi connectivity index (χ2n) is 4.66. The molecule has 3 aromatic rings. The van der Waals surface area contributed by atoms with E-state index in [0.717, 1.165) is 21.6 Å². The van der Waals surface area contributed by atoms with Gasteiger partial charge >= 0.3 is 0 Å². The highest BCUT2D eigenvalue weighted by molar-refractivity contribution is 7.80. The third-order valence-electron chi connectivity index (χ3n) is 3.09. The number of amides is 1. The molecule has 1 aromatic carbocycles. The number of aromatic nitrogens is 1. The summed E-state index contributed by atoms with van der Waals surface area (Å²) in [5.74, 6) is -0.803. The molecule has 0 aliphatic carbocycles. The van der Waals surface area contributed by atoms with Crippen LogP contribution in [0, 0.1) is 5.82 Å². The Labute approximate surface area is 159 Å². The summed E-state index contributed by atoms with van der Waals surface area (Å²) in [5, 5.41) is 2.48. The van der Waals surface area contributed by atoms with Crippen molar-refractivity contribution in [1.29, 1.82) is 0 Å². The van der Waals surface area contributed by atoms with Crippen LogP contribution in [0.4, 0.5) is 4.39 Å². The van der Waals surface area contributed by atoms with Crippen molar-refractivity contribution in [2.75, 3.05) is 0 Å². The van der Waals surface area contributed by atoms with Gasteiger partial charge in [0, 0.05) is 7.05 Å². The van der Waals surface area contributed by atoms with Gasteiger partial charge in [-0.05, 0) is 36.5 Å². The second-order valence-corrected chi connectivity index (χ2v) is 8.35. The van der Waals surface area contributed by atoms with Crippen LogP contribution in [0.25, 0.3) is 10.2 Å². The summed E-state index contributed by atoms with van der Waals surface area (Å²) in [6, 6.07) is 5.93. The lowest BCUT2D eigenvalue weighted by molar-refractivity contribution is 0.0978. The van der Waals surface area contributed by atoms with Gasteiger partial charge in [0.2, 0.25) is 5.11 Å². The Kier molecular flexibility index (Phi) is 5.03. The maximum Gasteiger partial charge on any atom is 0.259 e. The molecule has 4 nitrogen and oxygen atoms in total. The lowest BCUT2D eigenvalue weighted by Crippen LogP contribution is -2.29. The van der Waals surface area contributed by atoms with Gasteiger partial charge in [0.15, 0.2) is 4.80 Å². The normalized spacial score (nSPS) is 11.9. The van der Waals surface area contributed by atoms with Crippen molar-refractivity contribution < 1.29 is 9.18 Å². The van der Waals surface area contributed by atoms with Crippen molar-refractivity contribution in [2.45, 2.75) is 0 Å². The first-order chi connectivity index (χ1) is 11.3. The number of rotatable bonds is 1. The first-order valence-corrected chi connectivity index (χ1v) is 9.25. The zero-order valence-corrected chi connectivity index (χ0v) is 15.9. The molecule has 0 aliphatic heterocycles. The minimum Gasteiger partial charge on any atom is -0.319 e. The molecule has 0 bridgehead atoms. The van der Waals surface area contributed by atoms with Gasteiger partial charge in [0.1, 0.15) is 10.2 Å². The molecule has 0 atom stereocenters. The van der Waals surface area contributed by atoms with Gasteiger partial charge < -0.3 is 4.57 Å². The number of carbonyl (C=O) groups excluding carboxylic acids is 1. The van der Waals surface area contributed by atoms with Gasteiger partial charge in [-0.25, -0.2) is 4.39 Å². The number of nitrogens with zero attached hydrogens (tertiary/aromatic N) is 2. The molecule has 0 saturated heterocycles. The molecule has 1 amide bonds. The Hall–Kier alpha value is -1.32. The summed E-state index contributed by atoms with van der Waals surface area (Å²) in [5.41, 5.74) is 1.06. The molecule has 3 rings (SSSR count). The van der Waals surface area contributed by atoms with E-state index < -0.39 is 5.91 Å². The average molecular weight is 420 g/mol. The quantitative estimate of drug-likeness (QED) is 0.595. The smallest absolute Gasteiger partial charge is 0.259 e. The number of benzene rings is 1. The fourth-order valence-electron chi connectivity index (χ4n) is 1.99. The van der Waals surface area contributed by atoms with E-state index in [1.54, 1.807) is 17.7 Å². The van der Waals surface area contributed by atoms with Crippen LogP contribution in [0.15, 0.2) is 29.3 Å². The monoisotopic (exact) mass is 419 g/mol. The molecule has 0 unspecified atom stereocenters. The first kappa shape index (κ1) is 17.5. The molecule has 0 spiro atoms. The molecule has 0 saturated carbocycles. The Balaban J connectivity index is 1.88. The number of hydrogen-bond acceptors (Lipinski definition) is 4. The third kappa shape index (κ3) is 3.52. The van der Waals surface area contributed by atoms with Crippen molar-refractivity contribution in [3.8, 4) is 0 Å². The molecule has 0 fully saturated rings. The van der Waals surface area contributed by atoms with E-state index in [0.29, 0.717) is 9.14 Å². The predicted octanol–water partition coefficient (Wildman–Crippen LogP) is 4.36. The molecular weight excluding hydrogens is 412 g/mol. The van der Waals surface area contributed by atoms with E-state index in [-0.39, 0.29) is 20.8 Å². The molecule has 2 heterocycles. The number of carbonyl (C=O) groups is 1. The van der Waals surface area contributed by atoms with Crippen molar-refractivity contribution >= 4 is 79.3 Å². The highest BCUT2D eigenvalue weighted by Gasteiger charge is 2.15. The van der Waals surface area contributed by atoms with E-state index in [2.05, 4.69) is 10.3 Å². The standard InChI is InChI=1S/C14H8Cl2FN3OS3/c1-20-8-3-2-6(17)4-9(8)23-14(20)19-13(22)18-12(21)7-5-10(15)24-11(7)16/h2-5H,1H3,(H,18,21,22)/b19-14+. The highest BCUT2D eigenvalue weighted by Crippen LogP contribution is 2.30. The molecule has 10 heteroatoms. The Bertz CT molecular complexity index is 1040. The number of thiazole rings is 1. The summed E-state index contributed by atoms with van der Waals surface area (Å²) in [7, 11) is 1.79. The van der Waals surface area contributed by atoms with Crippen LogP contribution in [-0.2, 0) is 7.05 Å². The van der Waals surface area contributed by atoms with Gasteiger partial charge in [-0.15, -0.1) is 11.3 Å². The van der Waals surface area contributed by atoms with E-state index in [1.807, 2.05) is 0 Å². The van der Waals surface area contributed by atoms with Crippen molar-refractivity contribution in [3.05, 3.63) is 49.1 Å². The number of thiocarbonyl (C=S) groups is 1. The summed E-state index contributed by atoms with van der Waals surface area (Å²) >= 11 is 19.2. The maximum atomic E-state index is 13.3. The Morgan fingerprint density at radius 3 is 2.75 bits per heavy atom. The van der Waals surface area contributed by atoms with Crippen LogP contribution in [0.3, 0.4) is 0 Å². The van der Waals surface area contributed by atoms with E-state index in [4.69, 9.17) is 35.4 Å². The molecule has 0 radical (unpaired) electrons. The Morgan fingerprint density at radius 2 is 2.08 bits per heavy atom. The molecule has 2 aromatic heterocycles. The van der Waals surface area contributed by atoms with Gasteiger partial charge in [-0.2, -0.15) is 4.99 Å². The van der Waals surface area contributed by atoms with Crippen LogP contribution in [-0.4, -0.2) is 15.6 Å². The van der Waals surface area contributed by atoms with Crippen molar-refractivity contribution in [3.63, 3.8) is 0 Å². The van der Waals surface area contributed by atoms with E-state index >= 15 is 0 Å². The lowest BCUT2D eigenvalue weighted by atomic mass is 10.3. The third-order valence-corrected chi connectivity index (χ3v) is 5.87.